The van der Waals surface area contributed by atoms with Gasteiger partial charge in [0.1, 0.15) is 3.70 Å². The number of benzene rings is 1. The number of aryl methyl sites for hydroxylation is 1. The third-order valence-electron chi connectivity index (χ3n) is 4.42. The second-order valence-corrected chi connectivity index (χ2v) is 7.74. The zero-order valence-corrected chi connectivity index (χ0v) is 15.4. The molecule has 3 rings (SSSR count). The zero-order chi connectivity index (χ0) is 16.1. The maximum absolute atomic E-state index is 12.5. The third-order valence-corrected chi connectivity index (χ3v) is 5.22. The lowest BCUT2D eigenvalue weighted by Gasteiger charge is -2.19. The van der Waals surface area contributed by atoms with E-state index in [4.69, 9.17) is 0 Å². The highest BCUT2D eigenvalue weighted by Gasteiger charge is 2.36. The Morgan fingerprint density at radius 2 is 2.18 bits per heavy atom. The molecule has 0 radical (unpaired) electrons. The highest BCUT2D eigenvalue weighted by molar-refractivity contribution is 14.1. The number of fused-ring (bicyclic) bond motifs is 1. The van der Waals surface area contributed by atoms with Crippen molar-refractivity contribution in [1.29, 1.82) is 0 Å². The van der Waals surface area contributed by atoms with Gasteiger partial charge in [0.05, 0.1) is 5.56 Å². The Bertz CT molecular complexity index is 748. The normalized spacial score (nSPS) is 19.0. The molecule has 1 aliphatic carbocycles. The standard InChI is InChI=1S/C17H20IN3O/c1-10-8-17(2,3)12-6-5-7-13(14(10)12)19-16(22)11-9-21(4)20-15(11)18/h5-7,9-10H,8H2,1-4H3,(H,19,22). The number of amides is 1. The van der Waals surface area contributed by atoms with E-state index in [9.17, 15) is 4.79 Å². The Hall–Kier alpha value is -1.37. The lowest BCUT2D eigenvalue weighted by atomic mass is 9.86. The zero-order valence-electron chi connectivity index (χ0n) is 13.3. The summed E-state index contributed by atoms with van der Waals surface area (Å²) < 4.78 is 2.39. The molecule has 4 nitrogen and oxygen atoms in total. The SMILES string of the molecule is CC1CC(C)(C)c2cccc(NC(=O)c3cn(C)nc3I)c21. The molecule has 1 amide bonds. The van der Waals surface area contributed by atoms with Crippen LogP contribution in [0.15, 0.2) is 24.4 Å². The molecule has 0 fully saturated rings. The first-order chi connectivity index (χ1) is 10.3. The molecule has 1 N–H and O–H groups in total. The van der Waals surface area contributed by atoms with Gasteiger partial charge in [0.25, 0.3) is 5.91 Å². The van der Waals surface area contributed by atoms with Gasteiger partial charge in [-0.1, -0.05) is 32.9 Å². The molecule has 0 spiro atoms. The van der Waals surface area contributed by atoms with Gasteiger partial charge in [-0.3, -0.25) is 9.48 Å². The minimum Gasteiger partial charge on any atom is -0.322 e. The minimum atomic E-state index is -0.0946. The number of hydrogen-bond donors (Lipinski definition) is 1. The molecule has 1 aromatic heterocycles. The summed E-state index contributed by atoms with van der Waals surface area (Å²) in [7, 11) is 1.82. The number of aromatic nitrogens is 2. The molecule has 1 aromatic carbocycles. The first-order valence-corrected chi connectivity index (χ1v) is 8.51. The summed E-state index contributed by atoms with van der Waals surface area (Å²) in [6, 6.07) is 6.21. The van der Waals surface area contributed by atoms with E-state index in [2.05, 4.69) is 59.8 Å². The van der Waals surface area contributed by atoms with Crippen LogP contribution in [0.4, 0.5) is 5.69 Å². The lowest BCUT2D eigenvalue weighted by molar-refractivity contribution is 0.102. The van der Waals surface area contributed by atoms with Crippen molar-refractivity contribution in [2.24, 2.45) is 7.05 Å². The molecule has 1 heterocycles. The van der Waals surface area contributed by atoms with Crippen LogP contribution >= 0.6 is 22.6 Å². The molecular weight excluding hydrogens is 389 g/mol. The number of anilines is 1. The molecule has 1 atom stereocenters. The van der Waals surface area contributed by atoms with Crippen molar-refractivity contribution in [3.63, 3.8) is 0 Å². The van der Waals surface area contributed by atoms with Gasteiger partial charge in [-0.2, -0.15) is 5.10 Å². The van der Waals surface area contributed by atoms with Gasteiger partial charge >= 0.3 is 0 Å². The van der Waals surface area contributed by atoms with E-state index < -0.39 is 0 Å². The monoisotopic (exact) mass is 409 g/mol. The average Bonchev–Trinajstić information content (AvgIpc) is 2.87. The van der Waals surface area contributed by atoms with Crippen molar-refractivity contribution in [3.8, 4) is 0 Å². The molecule has 0 saturated heterocycles. The van der Waals surface area contributed by atoms with Crippen LogP contribution in [0, 0.1) is 3.70 Å². The summed E-state index contributed by atoms with van der Waals surface area (Å²) >= 11 is 2.09. The van der Waals surface area contributed by atoms with E-state index in [1.165, 1.54) is 11.1 Å². The number of rotatable bonds is 2. The minimum absolute atomic E-state index is 0.0946. The quantitative estimate of drug-likeness (QED) is 0.761. The largest absolute Gasteiger partial charge is 0.322 e. The van der Waals surface area contributed by atoms with Crippen molar-refractivity contribution in [2.45, 2.75) is 38.5 Å². The maximum Gasteiger partial charge on any atom is 0.259 e. The van der Waals surface area contributed by atoms with Crippen molar-refractivity contribution in [1.82, 2.24) is 9.78 Å². The van der Waals surface area contributed by atoms with Gasteiger partial charge in [0, 0.05) is 18.9 Å². The van der Waals surface area contributed by atoms with Crippen LogP contribution in [-0.2, 0) is 12.5 Å². The smallest absolute Gasteiger partial charge is 0.259 e. The Morgan fingerprint density at radius 1 is 1.45 bits per heavy atom. The van der Waals surface area contributed by atoms with Gasteiger partial charge < -0.3 is 5.32 Å². The number of hydrogen-bond acceptors (Lipinski definition) is 2. The summed E-state index contributed by atoms with van der Waals surface area (Å²) in [4.78, 5) is 12.5. The number of nitrogens with one attached hydrogen (secondary N) is 1. The fourth-order valence-corrected chi connectivity index (χ4v) is 4.30. The second-order valence-electron chi connectivity index (χ2n) is 6.72. The molecule has 1 unspecified atom stereocenters. The molecule has 5 heteroatoms. The average molecular weight is 409 g/mol. The predicted molar refractivity (Wildman–Crippen MR) is 96.4 cm³/mol. The van der Waals surface area contributed by atoms with E-state index in [-0.39, 0.29) is 11.3 Å². The van der Waals surface area contributed by atoms with Crippen molar-refractivity contribution in [2.75, 3.05) is 5.32 Å². The van der Waals surface area contributed by atoms with E-state index in [0.29, 0.717) is 11.5 Å². The number of nitrogens with zero attached hydrogens (tertiary/aromatic N) is 2. The van der Waals surface area contributed by atoms with Gasteiger partial charge in [0.15, 0.2) is 0 Å². The molecule has 0 bridgehead atoms. The van der Waals surface area contributed by atoms with Crippen LogP contribution < -0.4 is 5.32 Å². The van der Waals surface area contributed by atoms with Gasteiger partial charge in [-0.25, -0.2) is 0 Å². The summed E-state index contributed by atoms with van der Waals surface area (Å²) in [5.41, 5.74) is 4.34. The molecular formula is C17H20IN3O. The van der Waals surface area contributed by atoms with Crippen molar-refractivity contribution >= 4 is 34.2 Å². The van der Waals surface area contributed by atoms with E-state index in [1.807, 2.05) is 19.2 Å². The first-order valence-electron chi connectivity index (χ1n) is 7.43. The van der Waals surface area contributed by atoms with E-state index in [0.717, 1.165) is 15.8 Å². The van der Waals surface area contributed by atoms with Crippen molar-refractivity contribution < 1.29 is 4.79 Å². The number of carbonyl (C=O) groups excluding carboxylic acids is 1. The Balaban J connectivity index is 1.96. The summed E-state index contributed by atoms with van der Waals surface area (Å²) in [5.74, 6) is 0.359. The van der Waals surface area contributed by atoms with E-state index in [1.54, 1.807) is 10.9 Å². The van der Waals surface area contributed by atoms with Crippen molar-refractivity contribution in [3.05, 3.63) is 44.8 Å². The fourth-order valence-electron chi connectivity index (χ4n) is 3.58. The first kappa shape index (κ1) is 15.5. The van der Waals surface area contributed by atoms with Crippen LogP contribution in [0.5, 0.6) is 0 Å². The summed E-state index contributed by atoms with van der Waals surface area (Å²) in [6.07, 6.45) is 2.87. The number of halogens is 1. The van der Waals surface area contributed by atoms with Gasteiger partial charge in [-0.05, 0) is 57.5 Å². The highest BCUT2D eigenvalue weighted by atomic mass is 127. The topological polar surface area (TPSA) is 46.9 Å². The van der Waals surface area contributed by atoms with Crippen LogP contribution in [-0.4, -0.2) is 15.7 Å². The second kappa shape index (κ2) is 5.37. The Labute approximate surface area is 144 Å². The van der Waals surface area contributed by atoms with Crippen LogP contribution in [0.3, 0.4) is 0 Å². The molecule has 0 saturated carbocycles. The molecule has 0 aliphatic heterocycles. The molecule has 116 valence electrons. The van der Waals surface area contributed by atoms with Gasteiger partial charge in [-0.15, -0.1) is 0 Å². The molecule has 1 aliphatic rings. The number of carbonyl (C=O) groups is 1. The van der Waals surface area contributed by atoms with Gasteiger partial charge in [0.2, 0.25) is 0 Å². The predicted octanol–water partition coefficient (Wildman–Crippen LogP) is 4.06. The van der Waals surface area contributed by atoms with Crippen LogP contribution in [0.1, 0.15) is 54.6 Å². The fraction of sp³-hybridized carbons (Fsp3) is 0.412. The van der Waals surface area contributed by atoms with Crippen LogP contribution in [0.25, 0.3) is 0 Å². The van der Waals surface area contributed by atoms with Crippen LogP contribution in [0.2, 0.25) is 0 Å². The highest BCUT2D eigenvalue weighted by Crippen LogP contribution is 2.48. The summed E-state index contributed by atoms with van der Waals surface area (Å²) in [5, 5.41) is 7.31. The Kier molecular flexibility index (Phi) is 3.79. The maximum atomic E-state index is 12.5. The molecule has 22 heavy (non-hydrogen) atoms. The Morgan fingerprint density at radius 3 is 2.82 bits per heavy atom. The molecule has 2 aromatic rings. The third kappa shape index (κ3) is 2.55. The summed E-state index contributed by atoms with van der Waals surface area (Å²) in [6.45, 7) is 6.77. The lowest BCUT2D eigenvalue weighted by Crippen LogP contribution is -2.15. The van der Waals surface area contributed by atoms with E-state index >= 15 is 0 Å².